The molecule has 1 aliphatic rings. The van der Waals surface area contributed by atoms with Gasteiger partial charge in [-0.15, -0.1) is 6.58 Å². The Kier molecular flexibility index (Phi) is 3.83. The minimum absolute atomic E-state index is 0.0491. The monoisotopic (exact) mass is 197 g/mol. The number of carbonyl (C=O) groups is 2. The first-order valence-corrected chi connectivity index (χ1v) is 4.71. The number of carbonyl (C=O) groups excluding carboxylic acids is 1. The number of carboxylic acid groups (broad SMARTS) is 1. The van der Waals surface area contributed by atoms with Gasteiger partial charge in [-0.05, 0) is 0 Å². The zero-order valence-corrected chi connectivity index (χ0v) is 8.11. The van der Waals surface area contributed by atoms with Crippen LogP contribution in [0.4, 0.5) is 0 Å². The Hall–Kier alpha value is -1.16. The Balaban J connectivity index is 2.50. The second kappa shape index (κ2) is 4.91. The lowest BCUT2D eigenvalue weighted by molar-refractivity contribution is -0.142. The van der Waals surface area contributed by atoms with Crippen molar-refractivity contribution < 1.29 is 14.7 Å². The molecule has 4 heteroatoms. The van der Waals surface area contributed by atoms with E-state index in [4.69, 9.17) is 5.11 Å². The molecule has 0 radical (unpaired) electrons. The first-order valence-electron chi connectivity index (χ1n) is 4.71. The van der Waals surface area contributed by atoms with E-state index in [1.807, 2.05) is 0 Å². The number of carboxylic acids is 1. The molecule has 78 valence electrons. The molecule has 1 atom stereocenters. The summed E-state index contributed by atoms with van der Waals surface area (Å²) in [6.45, 7) is 5.62. The number of rotatable bonds is 4. The SMILES string of the molecule is C=CCN1CCC(=O)C(CC(=O)O)C1. The summed E-state index contributed by atoms with van der Waals surface area (Å²) in [5.74, 6) is -1.15. The van der Waals surface area contributed by atoms with Gasteiger partial charge in [-0.2, -0.15) is 0 Å². The van der Waals surface area contributed by atoms with E-state index in [0.29, 0.717) is 13.0 Å². The summed E-state index contributed by atoms with van der Waals surface area (Å²) in [7, 11) is 0. The van der Waals surface area contributed by atoms with Crippen molar-refractivity contribution in [1.29, 1.82) is 0 Å². The maximum atomic E-state index is 11.4. The first kappa shape index (κ1) is 10.9. The molecule has 4 nitrogen and oxygen atoms in total. The maximum absolute atomic E-state index is 11.4. The Labute approximate surface area is 83.2 Å². The van der Waals surface area contributed by atoms with E-state index in [1.54, 1.807) is 6.08 Å². The fraction of sp³-hybridized carbons (Fsp3) is 0.600. The van der Waals surface area contributed by atoms with Gasteiger partial charge in [0.15, 0.2) is 0 Å². The van der Waals surface area contributed by atoms with E-state index >= 15 is 0 Å². The second-order valence-corrected chi connectivity index (χ2v) is 3.56. The molecule has 1 rings (SSSR count). The van der Waals surface area contributed by atoms with Crippen LogP contribution in [0.1, 0.15) is 12.8 Å². The number of aliphatic carboxylic acids is 1. The normalized spacial score (nSPS) is 23.4. The Morgan fingerprint density at radius 2 is 2.43 bits per heavy atom. The number of hydrogen-bond acceptors (Lipinski definition) is 3. The lowest BCUT2D eigenvalue weighted by atomic mass is 9.93. The molecule has 1 saturated heterocycles. The van der Waals surface area contributed by atoms with Crippen LogP contribution in [0.15, 0.2) is 12.7 Å². The topological polar surface area (TPSA) is 57.6 Å². The van der Waals surface area contributed by atoms with Crippen molar-refractivity contribution in [3.8, 4) is 0 Å². The van der Waals surface area contributed by atoms with Crippen LogP contribution in [-0.4, -0.2) is 41.4 Å². The summed E-state index contributed by atoms with van der Waals surface area (Å²) in [5.41, 5.74) is 0. The van der Waals surface area contributed by atoms with Crippen molar-refractivity contribution in [2.45, 2.75) is 12.8 Å². The largest absolute Gasteiger partial charge is 0.481 e. The van der Waals surface area contributed by atoms with Gasteiger partial charge >= 0.3 is 5.97 Å². The second-order valence-electron chi connectivity index (χ2n) is 3.56. The van der Waals surface area contributed by atoms with Crippen LogP contribution in [0.3, 0.4) is 0 Å². The standard InChI is InChI=1S/C10H15NO3/c1-2-4-11-5-3-9(12)8(7-11)6-10(13)14/h2,8H,1,3-7H2,(H,13,14). The third kappa shape index (κ3) is 2.96. The van der Waals surface area contributed by atoms with Gasteiger partial charge in [0.2, 0.25) is 0 Å². The van der Waals surface area contributed by atoms with Gasteiger partial charge in [0.25, 0.3) is 0 Å². The Bertz CT molecular complexity index is 250. The summed E-state index contributed by atoms with van der Waals surface area (Å²) < 4.78 is 0. The van der Waals surface area contributed by atoms with Crippen LogP contribution in [0, 0.1) is 5.92 Å². The van der Waals surface area contributed by atoms with E-state index < -0.39 is 5.97 Å². The van der Waals surface area contributed by atoms with E-state index in [1.165, 1.54) is 0 Å². The third-order valence-corrected chi connectivity index (χ3v) is 2.42. The van der Waals surface area contributed by atoms with Gasteiger partial charge in [-0.3, -0.25) is 14.5 Å². The highest BCUT2D eigenvalue weighted by Crippen LogP contribution is 2.16. The van der Waals surface area contributed by atoms with Gasteiger partial charge in [0.05, 0.1) is 6.42 Å². The van der Waals surface area contributed by atoms with Crippen LogP contribution in [0.25, 0.3) is 0 Å². The van der Waals surface area contributed by atoms with E-state index in [-0.39, 0.29) is 18.1 Å². The molecule has 0 aliphatic carbocycles. The molecule has 14 heavy (non-hydrogen) atoms. The molecule has 0 bridgehead atoms. The van der Waals surface area contributed by atoms with Crippen LogP contribution >= 0.6 is 0 Å². The van der Waals surface area contributed by atoms with Gasteiger partial charge in [0, 0.05) is 32.0 Å². The lowest BCUT2D eigenvalue weighted by Gasteiger charge is -2.29. The van der Waals surface area contributed by atoms with E-state index in [9.17, 15) is 9.59 Å². The molecular weight excluding hydrogens is 182 g/mol. The number of hydrogen-bond donors (Lipinski definition) is 1. The number of nitrogens with zero attached hydrogens (tertiary/aromatic N) is 1. The number of likely N-dealkylation sites (tertiary alicyclic amines) is 1. The molecule has 0 saturated carbocycles. The lowest BCUT2D eigenvalue weighted by Crippen LogP contribution is -2.41. The van der Waals surface area contributed by atoms with Crippen LogP contribution in [0.2, 0.25) is 0 Å². The molecule has 1 N–H and O–H groups in total. The van der Waals surface area contributed by atoms with Crippen molar-refractivity contribution in [2.75, 3.05) is 19.6 Å². The molecule has 1 aliphatic heterocycles. The van der Waals surface area contributed by atoms with Crippen LogP contribution in [0.5, 0.6) is 0 Å². The predicted octanol–water partition coefficient (Wildman–Crippen LogP) is 0.538. The average molecular weight is 197 g/mol. The van der Waals surface area contributed by atoms with Gasteiger partial charge in [0.1, 0.15) is 5.78 Å². The van der Waals surface area contributed by atoms with Gasteiger partial charge in [-0.25, -0.2) is 0 Å². The molecule has 0 aromatic rings. The number of piperidine rings is 1. The third-order valence-electron chi connectivity index (χ3n) is 2.42. The number of ketones is 1. The average Bonchev–Trinajstić information content (AvgIpc) is 2.10. The summed E-state index contributed by atoms with van der Waals surface area (Å²) in [6, 6.07) is 0. The zero-order chi connectivity index (χ0) is 10.6. The molecule has 0 aromatic heterocycles. The smallest absolute Gasteiger partial charge is 0.304 e. The quantitative estimate of drug-likeness (QED) is 0.668. The van der Waals surface area contributed by atoms with E-state index in [2.05, 4.69) is 11.5 Å². The fourth-order valence-electron chi connectivity index (χ4n) is 1.71. The summed E-state index contributed by atoms with van der Waals surface area (Å²) in [5, 5.41) is 8.61. The highest BCUT2D eigenvalue weighted by molar-refractivity contribution is 5.85. The highest BCUT2D eigenvalue weighted by Gasteiger charge is 2.28. The van der Waals surface area contributed by atoms with E-state index in [0.717, 1.165) is 13.1 Å². The number of Topliss-reactive ketones (excluding diaryl/α,β-unsaturated/α-hetero) is 1. The Morgan fingerprint density at radius 1 is 1.71 bits per heavy atom. The highest BCUT2D eigenvalue weighted by atomic mass is 16.4. The molecule has 0 spiro atoms. The van der Waals surface area contributed by atoms with Crippen LogP contribution < -0.4 is 0 Å². The van der Waals surface area contributed by atoms with Crippen molar-refractivity contribution in [3.63, 3.8) is 0 Å². The van der Waals surface area contributed by atoms with Crippen molar-refractivity contribution in [3.05, 3.63) is 12.7 Å². The van der Waals surface area contributed by atoms with Gasteiger partial charge < -0.3 is 5.11 Å². The molecular formula is C10H15NO3. The minimum Gasteiger partial charge on any atom is -0.481 e. The first-order chi connectivity index (χ1) is 6.63. The fourth-order valence-corrected chi connectivity index (χ4v) is 1.71. The van der Waals surface area contributed by atoms with Crippen molar-refractivity contribution in [2.24, 2.45) is 5.92 Å². The predicted molar refractivity (Wildman–Crippen MR) is 52.0 cm³/mol. The molecule has 0 aromatic carbocycles. The molecule has 1 heterocycles. The zero-order valence-electron chi connectivity index (χ0n) is 8.11. The van der Waals surface area contributed by atoms with Crippen molar-refractivity contribution in [1.82, 2.24) is 4.90 Å². The van der Waals surface area contributed by atoms with Crippen LogP contribution in [-0.2, 0) is 9.59 Å². The molecule has 1 unspecified atom stereocenters. The molecule has 0 amide bonds. The van der Waals surface area contributed by atoms with Gasteiger partial charge in [-0.1, -0.05) is 6.08 Å². The Morgan fingerprint density at radius 3 is 3.00 bits per heavy atom. The minimum atomic E-state index is -0.899. The summed E-state index contributed by atoms with van der Waals surface area (Å²) >= 11 is 0. The summed E-state index contributed by atoms with van der Waals surface area (Å²) in [4.78, 5) is 23.9. The summed E-state index contributed by atoms with van der Waals surface area (Å²) in [6.07, 6.45) is 2.19. The maximum Gasteiger partial charge on any atom is 0.304 e. The van der Waals surface area contributed by atoms with Crippen molar-refractivity contribution >= 4 is 11.8 Å². The molecule has 1 fully saturated rings.